The molecular formula is C13H29N2O4P. The van der Waals surface area contributed by atoms with Gasteiger partial charge in [-0.3, -0.25) is 4.57 Å². The fraction of sp³-hybridized carbons (Fsp3) is 0.923. The molecule has 0 heterocycles. The number of carbonyl (C=O) groups excluding carboxylic acids is 1. The molecule has 0 rings (SSSR count). The van der Waals surface area contributed by atoms with Gasteiger partial charge in [-0.1, -0.05) is 20.3 Å². The van der Waals surface area contributed by atoms with E-state index in [9.17, 15) is 9.36 Å². The van der Waals surface area contributed by atoms with E-state index < -0.39 is 12.9 Å². The molecule has 120 valence electrons. The van der Waals surface area contributed by atoms with Gasteiger partial charge in [0.2, 0.25) is 0 Å². The summed E-state index contributed by atoms with van der Waals surface area (Å²) >= 11 is 0. The number of hydrogen-bond donors (Lipinski definition) is 2. The number of rotatable bonds is 10. The van der Waals surface area contributed by atoms with Crippen LogP contribution in [0.5, 0.6) is 0 Å². The fourth-order valence-corrected chi connectivity index (χ4v) is 3.63. The molecule has 0 fully saturated rings. The normalized spacial score (nSPS) is 14.7. The second-order valence-corrected chi connectivity index (χ2v) is 7.19. The Balaban J connectivity index is 4.87. The topological polar surface area (TPSA) is 76.7 Å². The molecule has 0 saturated carbocycles. The number of urea groups is 1. The Labute approximate surface area is 122 Å². The van der Waals surface area contributed by atoms with E-state index in [1.54, 1.807) is 20.8 Å². The average molecular weight is 308 g/mol. The molecule has 0 saturated heterocycles. The molecule has 0 aromatic heterocycles. The van der Waals surface area contributed by atoms with Crippen LogP contribution in [-0.2, 0) is 13.6 Å². The minimum absolute atomic E-state index is 0.270. The quantitative estimate of drug-likeness (QED) is 0.478. The highest BCUT2D eigenvalue weighted by molar-refractivity contribution is 7.55. The number of unbranched alkanes of at least 4 members (excludes halogenated alkanes) is 1. The first-order valence-electron chi connectivity index (χ1n) is 7.34. The number of nitrogens with one attached hydrogen (secondary N) is 2. The summed E-state index contributed by atoms with van der Waals surface area (Å²) in [5.41, 5.74) is 0. The number of carbonyl (C=O) groups is 1. The Morgan fingerprint density at radius 3 is 2.10 bits per heavy atom. The van der Waals surface area contributed by atoms with Crippen LogP contribution in [-0.4, -0.2) is 31.1 Å². The van der Waals surface area contributed by atoms with E-state index in [0.29, 0.717) is 13.0 Å². The summed E-state index contributed by atoms with van der Waals surface area (Å²) in [7, 11) is -3.41. The first-order valence-corrected chi connectivity index (χ1v) is 8.88. The molecule has 0 aliphatic heterocycles. The van der Waals surface area contributed by atoms with Crippen molar-refractivity contribution >= 4 is 13.6 Å². The first kappa shape index (κ1) is 19.4. The summed E-state index contributed by atoms with van der Waals surface area (Å²) in [4.78, 5) is 11.9. The van der Waals surface area contributed by atoms with Crippen molar-refractivity contribution in [3.05, 3.63) is 0 Å². The van der Waals surface area contributed by atoms with Gasteiger partial charge in [-0.25, -0.2) is 4.79 Å². The van der Waals surface area contributed by atoms with Gasteiger partial charge in [0.1, 0.15) is 5.28 Å². The third kappa shape index (κ3) is 5.43. The Kier molecular flexibility index (Phi) is 9.10. The molecular weight excluding hydrogens is 279 g/mol. The summed E-state index contributed by atoms with van der Waals surface area (Å²) in [5, 5.41) is 4.46. The number of hydrogen-bond acceptors (Lipinski definition) is 4. The van der Waals surface area contributed by atoms with Crippen LogP contribution >= 0.6 is 7.60 Å². The van der Waals surface area contributed by atoms with E-state index in [2.05, 4.69) is 10.6 Å². The maximum atomic E-state index is 12.8. The third-order valence-electron chi connectivity index (χ3n) is 3.09. The molecule has 0 bridgehead atoms. The Hall–Kier alpha value is -0.580. The van der Waals surface area contributed by atoms with Gasteiger partial charge in [0.05, 0.1) is 13.2 Å². The van der Waals surface area contributed by atoms with Crippen LogP contribution in [0.15, 0.2) is 0 Å². The van der Waals surface area contributed by atoms with Crippen LogP contribution in [0, 0.1) is 0 Å². The van der Waals surface area contributed by atoms with Crippen molar-refractivity contribution in [3.8, 4) is 0 Å². The minimum atomic E-state index is -3.41. The van der Waals surface area contributed by atoms with Crippen molar-refractivity contribution in [2.75, 3.05) is 19.8 Å². The van der Waals surface area contributed by atoms with E-state index in [4.69, 9.17) is 9.05 Å². The second-order valence-electron chi connectivity index (χ2n) is 4.69. The predicted molar refractivity (Wildman–Crippen MR) is 81.0 cm³/mol. The Bertz CT molecular complexity index is 328. The van der Waals surface area contributed by atoms with Gasteiger partial charge in [-0.15, -0.1) is 0 Å². The summed E-state index contributed by atoms with van der Waals surface area (Å²) in [6.45, 7) is 10.2. The lowest BCUT2D eigenvalue weighted by atomic mass is 10.2. The zero-order valence-electron chi connectivity index (χ0n) is 13.3. The molecule has 0 aliphatic rings. The zero-order chi connectivity index (χ0) is 15.6. The van der Waals surface area contributed by atoms with Crippen molar-refractivity contribution in [1.29, 1.82) is 0 Å². The fourth-order valence-electron chi connectivity index (χ4n) is 1.68. The molecule has 0 aromatic carbocycles. The Morgan fingerprint density at radius 2 is 1.70 bits per heavy atom. The standard InChI is InChI=1S/C13H29N2O4P/c1-6-10-11-14-12(16)15-13(5,7-2)20(17,18-8-3)19-9-4/h6-11H2,1-5H3,(H2,14,15,16). The van der Waals surface area contributed by atoms with Gasteiger partial charge in [0.15, 0.2) is 0 Å². The van der Waals surface area contributed by atoms with Gasteiger partial charge >= 0.3 is 13.6 Å². The highest BCUT2D eigenvalue weighted by Crippen LogP contribution is 2.59. The first-order chi connectivity index (χ1) is 9.39. The number of amides is 2. The summed E-state index contributed by atoms with van der Waals surface area (Å²) in [6.07, 6.45) is 2.36. The van der Waals surface area contributed by atoms with Crippen molar-refractivity contribution in [3.63, 3.8) is 0 Å². The van der Waals surface area contributed by atoms with E-state index in [-0.39, 0.29) is 19.2 Å². The maximum Gasteiger partial charge on any atom is 0.355 e. The lowest BCUT2D eigenvalue weighted by molar-refractivity contribution is 0.184. The summed E-state index contributed by atoms with van der Waals surface area (Å²) in [5.74, 6) is 0. The zero-order valence-corrected chi connectivity index (χ0v) is 14.2. The third-order valence-corrected chi connectivity index (χ3v) is 5.92. The van der Waals surface area contributed by atoms with E-state index in [0.717, 1.165) is 12.8 Å². The molecule has 7 heteroatoms. The molecule has 6 nitrogen and oxygen atoms in total. The van der Waals surface area contributed by atoms with Gasteiger partial charge in [-0.05, 0) is 33.6 Å². The summed E-state index contributed by atoms with van der Waals surface area (Å²) in [6, 6.07) is -0.345. The molecule has 0 aromatic rings. The molecule has 0 radical (unpaired) electrons. The molecule has 1 unspecified atom stereocenters. The molecule has 20 heavy (non-hydrogen) atoms. The largest absolute Gasteiger partial charge is 0.355 e. The average Bonchev–Trinajstić information content (AvgIpc) is 2.39. The smallest absolute Gasteiger partial charge is 0.338 e. The van der Waals surface area contributed by atoms with E-state index in [1.165, 1.54) is 0 Å². The minimum Gasteiger partial charge on any atom is -0.338 e. The van der Waals surface area contributed by atoms with Crippen molar-refractivity contribution in [2.45, 2.75) is 59.2 Å². The lowest BCUT2D eigenvalue weighted by Gasteiger charge is -2.35. The van der Waals surface area contributed by atoms with Crippen LogP contribution in [0.25, 0.3) is 0 Å². The monoisotopic (exact) mass is 308 g/mol. The summed E-state index contributed by atoms with van der Waals surface area (Å²) < 4.78 is 23.5. The van der Waals surface area contributed by atoms with Gasteiger partial charge in [0.25, 0.3) is 0 Å². The highest BCUT2D eigenvalue weighted by atomic mass is 31.2. The predicted octanol–water partition coefficient (Wildman–Crippen LogP) is 3.48. The Morgan fingerprint density at radius 1 is 1.15 bits per heavy atom. The lowest BCUT2D eigenvalue weighted by Crippen LogP contribution is -2.50. The molecule has 0 aliphatic carbocycles. The molecule has 2 amide bonds. The maximum absolute atomic E-state index is 12.8. The SMILES string of the molecule is CCCCNC(=O)NC(C)(CC)P(=O)(OCC)OCC. The van der Waals surface area contributed by atoms with Crippen LogP contribution in [0.2, 0.25) is 0 Å². The van der Waals surface area contributed by atoms with Gasteiger partial charge in [0, 0.05) is 6.54 Å². The van der Waals surface area contributed by atoms with Crippen LogP contribution in [0.1, 0.15) is 53.9 Å². The van der Waals surface area contributed by atoms with Crippen LogP contribution < -0.4 is 10.6 Å². The molecule has 2 N–H and O–H groups in total. The highest BCUT2D eigenvalue weighted by Gasteiger charge is 2.47. The van der Waals surface area contributed by atoms with E-state index >= 15 is 0 Å². The molecule has 1 atom stereocenters. The van der Waals surface area contributed by atoms with Gasteiger partial charge in [-0.2, -0.15) is 0 Å². The van der Waals surface area contributed by atoms with E-state index in [1.807, 2.05) is 13.8 Å². The van der Waals surface area contributed by atoms with Crippen LogP contribution in [0.3, 0.4) is 0 Å². The second kappa shape index (κ2) is 9.37. The van der Waals surface area contributed by atoms with Crippen LogP contribution in [0.4, 0.5) is 4.79 Å². The van der Waals surface area contributed by atoms with Gasteiger partial charge < -0.3 is 19.7 Å². The van der Waals surface area contributed by atoms with Crippen molar-refractivity contribution in [2.24, 2.45) is 0 Å². The molecule has 0 spiro atoms. The van der Waals surface area contributed by atoms with Crippen molar-refractivity contribution < 1.29 is 18.4 Å². The van der Waals surface area contributed by atoms with Crippen molar-refractivity contribution in [1.82, 2.24) is 10.6 Å².